The summed E-state index contributed by atoms with van der Waals surface area (Å²) in [7, 11) is 0. The van der Waals surface area contributed by atoms with Crippen molar-refractivity contribution >= 4 is 11.9 Å². The molecular weight excluding hydrogens is 476 g/mol. The molecular formula is C25H34O11. The van der Waals surface area contributed by atoms with E-state index >= 15 is 0 Å². The number of esters is 2. The Hall–Kier alpha value is -1.60. The van der Waals surface area contributed by atoms with E-state index in [4.69, 9.17) is 14.2 Å². The maximum absolute atomic E-state index is 14.0. The van der Waals surface area contributed by atoms with E-state index in [0.29, 0.717) is 37.7 Å². The topological polar surface area (TPSA) is 183 Å². The summed E-state index contributed by atoms with van der Waals surface area (Å²) in [4.78, 5) is 27.3. The standard InChI is InChI=1S/C25H34O11/c1-10-7-23-9-24(10,33)5-3-12(23)25-6-4-13(27)22(2,21(32)36-25)18(25)14(23)19(31)35-20-17(30)16(29)15(28)11(8-26)34-20/h11-18,20,26-30,33H,1,3-9H2,2H3/t11-,12-,13+,14-,15-,16+,17-,18-,20+,22+,23+,24+,25-/m1/s1. The van der Waals surface area contributed by atoms with Crippen LogP contribution in [-0.4, -0.2) is 97.2 Å². The van der Waals surface area contributed by atoms with E-state index in [1.54, 1.807) is 6.92 Å². The molecule has 6 aliphatic rings. The number of carbonyl (C=O) groups excluding carboxylic acids is 2. The van der Waals surface area contributed by atoms with Crippen LogP contribution in [0.15, 0.2) is 12.2 Å². The molecule has 0 aromatic rings. The molecule has 2 aliphatic heterocycles. The van der Waals surface area contributed by atoms with Crippen LogP contribution in [0.25, 0.3) is 0 Å². The molecule has 6 fully saturated rings. The molecule has 4 aliphatic carbocycles. The van der Waals surface area contributed by atoms with Crippen LogP contribution >= 0.6 is 0 Å². The van der Waals surface area contributed by atoms with Crippen LogP contribution < -0.4 is 0 Å². The van der Waals surface area contributed by atoms with Gasteiger partial charge in [-0.15, -0.1) is 0 Å². The van der Waals surface area contributed by atoms with Crippen LogP contribution in [0.5, 0.6) is 0 Å². The first-order valence-corrected chi connectivity index (χ1v) is 12.7. The molecule has 0 aromatic carbocycles. The summed E-state index contributed by atoms with van der Waals surface area (Å²) in [5.41, 5.74) is -3.77. The number of rotatable bonds is 3. The van der Waals surface area contributed by atoms with E-state index in [1.165, 1.54) is 0 Å². The van der Waals surface area contributed by atoms with Gasteiger partial charge >= 0.3 is 11.9 Å². The third kappa shape index (κ3) is 2.72. The minimum atomic E-state index is -1.78. The number of aliphatic hydroxyl groups excluding tert-OH is 5. The van der Waals surface area contributed by atoms with Crippen molar-refractivity contribution in [3.63, 3.8) is 0 Å². The van der Waals surface area contributed by atoms with Crippen LogP contribution in [0.2, 0.25) is 0 Å². The molecule has 0 aromatic heterocycles. The molecule has 4 saturated carbocycles. The predicted octanol–water partition coefficient (Wildman–Crippen LogP) is -1.49. The van der Waals surface area contributed by atoms with Crippen molar-refractivity contribution in [3.05, 3.63) is 12.2 Å². The first-order valence-electron chi connectivity index (χ1n) is 12.7. The zero-order valence-electron chi connectivity index (χ0n) is 20.1. The fourth-order valence-electron chi connectivity index (χ4n) is 8.98. The van der Waals surface area contributed by atoms with Crippen molar-refractivity contribution < 1.29 is 54.4 Å². The SMILES string of the molecule is C=C1C[C@]23C[C@@]1(O)CC[C@H]2[C@@]12CC[C@H](O)[C@](C)(C(=O)O1)[C@H]2[C@@H]3C(=O)O[C@@H]1O[C@H](CO)[C@@H](O)[C@H](O)[C@H]1O. The summed E-state index contributed by atoms with van der Waals surface area (Å²) in [6.45, 7) is 5.03. The van der Waals surface area contributed by atoms with Gasteiger partial charge in [0.15, 0.2) is 0 Å². The van der Waals surface area contributed by atoms with Gasteiger partial charge in [-0.1, -0.05) is 6.58 Å². The average Bonchev–Trinajstić information content (AvgIpc) is 3.26. The molecule has 13 atom stereocenters. The van der Waals surface area contributed by atoms with E-state index in [0.717, 1.165) is 0 Å². The summed E-state index contributed by atoms with van der Waals surface area (Å²) in [5, 5.41) is 62.6. The molecule has 11 heteroatoms. The number of hydrogen-bond donors (Lipinski definition) is 6. The molecule has 4 bridgehead atoms. The van der Waals surface area contributed by atoms with Gasteiger partial charge in [-0.05, 0) is 56.4 Å². The Kier molecular flexibility index (Phi) is 5.15. The second-order valence-electron chi connectivity index (χ2n) is 12.1. The summed E-state index contributed by atoms with van der Waals surface area (Å²) in [6, 6.07) is 0. The van der Waals surface area contributed by atoms with Gasteiger partial charge in [0.2, 0.25) is 6.29 Å². The normalized spacial score (nSPS) is 57.2. The third-order valence-electron chi connectivity index (χ3n) is 10.6. The van der Waals surface area contributed by atoms with Crippen molar-refractivity contribution in [2.45, 2.75) is 93.5 Å². The lowest BCUT2D eigenvalue weighted by atomic mass is 9.59. The Morgan fingerprint density at radius 1 is 1.14 bits per heavy atom. The lowest BCUT2D eigenvalue weighted by molar-refractivity contribution is -0.295. The quantitative estimate of drug-likeness (QED) is 0.192. The van der Waals surface area contributed by atoms with E-state index in [2.05, 4.69) is 6.58 Å². The molecule has 2 saturated heterocycles. The molecule has 1 spiro atoms. The maximum Gasteiger partial charge on any atom is 0.315 e. The van der Waals surface area contributed by atoms with Gasteiger partial charge in [0, 0.05) is 11.8 Å². The Morgan fingerprint density at radius 2 is 1.86 bits per heavy atom. The summed E-state index contributed by atoms with van der Waals surface area (Å²) < 4.78 is 17.2. The fourth-order valence-corrected chi connectivity index (χ4v) is 8.98. The van der Waals surface area contributed by atoms with Crippen LogP contribution in [0.4, 0.5) is 0 Å². The molecule has 6 N–H and O–H groups in total. The monoisotopic (exact) mass is 510 g/mol. The van der Waals surface area contributed by atoms with Crippen LogP contribution in [-0.2, 0) is 23.8 Å². The second kappa shape index (κ2) is 7.49. The highest BCUT2D eigenvalue weighted by Crippen LogP contribution is 2.78. The molecule has 6 rings (SSSR count). The van der Waals surface area contributed by atoms with Gasteiger partial charge in [-0.25, -0.2) is 0 Å². The van der Waals surface area contributed by atoms with E-state index in [1.807, 2.05) is 0 Å². The van der Waals surface area contributed by atoms with Gasteiger partial charge in [0.05, 0.1) is 29.6 Å². The average molecular weight is 511 g/mol. The van der Waals surface area contributed by atoms with Gasteiger partial charge in [-0.3, -0.25) is 9.59 Å². The van der Waals surface area contributed by atoms with E-state index < -0.39 is 89.2 Å². The van der Waals surface area contributed by atoms with Crippen molar-refractivity contribution in [1.82, 2.24) is 0 Å². The van der Waals surface area contributed by atoms with Gasteiger partial charge in [0.1, 0.15) is 30.0 Å². The van der Waals surface area contributed by atoms with Crippen molar-refractivity contribution in [1.29, 1.82) is 0 Å². The van der Waals surface area contributed by atoms with Crippen molar-refractivity contribution in [3.8, 4) is 0 Å². The minimum absolute atomic E-state index is 0.236. The van der Waals surface area contributed by atoms with Gasteiger partial charge in [0.25, 0.3) is 0 Å². The number of ether oxygens (including phenoxy) is 3. The summed E-state index contributed by atoms with van der Waals surface area (Å²) in [5.74, 6) is -3.37. The molecule has 2 heterocycles. The molecule has 0 unspecified atom stereocenters. The number of aliphatic hydroxyl groups is 6. The lowest BCUT2D eigenvalue weighted by Gasteiger charge is -2.45. The highest BCUT2D eigenvalue weighted by molar-refractivity contribution is 5.86. The zero-order valence-corrected chi connectivity index (χ0v) is 20.1. The second-order valence-corrected chi connectivity index (χ2v) is 12.1. The molecule has 0 radical (unpaired) electrons. The Morgan fingerprint density at radius 3 is 2.56 bits per heavy atom. The van der Waals surface area contributed by atoms with E-state index in [-0.39, 0.29) is 12.3 Å². The minimum Gasteiger partial charge on any atom is -0.458 e. The van der Waals surface area contributed by atoms with Crippen LogP contribution in [0.3, 0.4) is 0 Å². The lowest BCUT2D eigenvalue weighted by Crippen LogP contribution is -2.60. The highest BCUT2D eigenvalue weighted by Gasteiger charge is 2.84. The summed E-state index contributed by atoms with van der Waals surface area (Å²) in [6.07, 6.45) is -6.88. The zero-order chi connectivity index (χ0) is 26.0. The fraction of sp³-hybridized carbons (Fsp3) is 0.840. The predicted molar refractivity (Wildman–Crippen MR) is 117 cm³/mol. The smallest absolute Gasteiger partial charge is 0.315 e. The first kappa shape index (κ1) is 24.7. The third-order valence-corrected chi connectivity index (χ3v) is 10.6. The maximum atomic E-state index is 14.0. The van der Waals surface area contributed by atoms with Crippen LogP contribution in [0, 0.1) is 28.6 Å². The van der Waals surface area contributed by atoms with Crippen LogP contribution in [0.1, 0.15) is 45.4 Å². The van der Waals surface area contributed by atoms with Crippen molar-refractivity contribution in [2.24, 2.45) is 28.6 Å². The van der Waals surface area contributed by atoms with Crippen molar-refractivity contribution in [2.75, 3.05) is 6.61 Å². The molecule has 36 heavy (non-hydrogen) atoms. The number of hydrogen-bond acceptors (Lipinski definition) is 11. The Labute approximate surface area is 207 Å². The summed E-state index contributed by atoms with van der Waals surface area (Å²) >= 11 is 0. The number of carbonyl (C=O) groups is 2. The molecule has 0 amide bonds. The van der Waals surface area contributed by atoms with Gasteiger partial charge < -0.3 is 44.8 Å². The van der Waals surface area contributed by atoms with Gasteiger partial charge in [-0.2, -0.15) is 0 Å². The first-order chi connectivity index (χ1) is 16.9. The largest absolute Gasteiger partial charge is 0.458 e. The van der Waals surface area contributed by atoms with E-state index in [9.17, 15) is 40.2 Å². The highest BCUT2D eigenvalue weighted by atomic mass is 16.7. The number of fused-ring (bicyclic) bond motifs is 1. The Balaban J connectivity index is 1.42. The molecule has 11 nitrogen and oxygen atoms in total. The molecule has 200 valence electrons. The Bertz CT molecular complexity index is 1010.